The van der Waals surface area contributed by atoms with Gasteiger partial charge in [0, 0.05) is 42.9 Å². The third-order valence-corrected chi connectivity index (χ3v) is 11.8. The van der Waals surface area contributed by atoms with Crippen molar-refractivity contribution in [2.24, 2.45) is 17.8 Å². The monoisotopic (exact) mass is 615 g/mol. The number of rotatable bonds is 13. The van der Waals surface area contributed by atoms with Crippen LogP contribution in [0.15, 0.2) is 73.8 Å². The van der Waals surface area contributed by atoms with Crippen LogP contribution in [0.1, 0.15) is 43.7 Å². The molecular formula is C36H45N3O4S. The van der Waals surface area contributed by atoms with Crippen LogP contribution < -0.4 is 9.80 Å². The summed E-state index contributed by atoms with van der Waals surface area (Å²) in [4.78, 5) is 49.4. The number of aryl methyl sites for hydroxylation is 2. The van der Waals surface area contributed by atoms with Gasteiger partial charge in [-0.25, -0.2) is 0 Å². The fraction of sp³-hybridized carbons (Fsp3) is 0.472. The first kappa shape index (κ1) is 32.0. The number of benzene rings is 2. The van der Waals surface area contributed by atoms with Crippen LogP contribution in [0.2, 0.25) is 0 Å². The van der Waals surface area contributed by atoms with Crippen molar-refractivity contribution in [2.45, 2.75) is 62.5 Å². The molecule has 0 aromatic heterocycles. The number of amides is 3. The highest BCUT2D eigenvalue weighted by Gasteiger charge is 2.76. The summed E-state index contributed by atoms with van der Waals surface area (Å²) in [6, 6.07) is 14.9. The molecule has 234 valence electrons. The van der Waals surface area contributed by atoms with E-state index in [1.54, 1.807) is 38.6 Å². The topological polar surface area (TPSA) is 81.2 Å². The first-order valence-electron chi connectivity index (χ1n) is 15.8. The lowest BCUT2D eigenvalue weighted by atomic mass is 9.65. The first-order valence-corrected chi connectivity index (χ1v) is 16.6. The number of para-hydroxylation sites is 1. The predicted octanol–water partition coefficient (Wildman–Crippen LogP) is 5.54. The maximum absolute atomic E-state index is 15.0. The molecule has 3 aliphatic heterocycles. The van der Waals surface area contributed by atoms with Gasteiger partial charge < -0.3 is 19.8 Å². The molecule has 3 amide bonds. The van der Waals surface area contributed by atoms with E-state index >= 15 is 0 Å². The molecule has 5 rings (SSSR count). The third kappa shape index (κ3) is 5.40. The zero-order valence-electron chi connectivity index (χ0n) is 26.2. The van der Waals surface area contributed by atoms with Crippen LogP contribution >= 0.6 is 11.8 Å². The van der Waals surface area contributed by atoms with Crippen LogP contribution in [-0.4, -0.2) is 70.0 Å². The number of thioether (sulfide) groups is 1. The molecule has 3 fully saturated rings. The summed E-state index contributed by atoms with van der Waals surface area (Å²) in [5.41, 5.74) is 3.62. The van der Waals surface area contributed by atoms with Gasteiger partial charge >= 0.3 is 0 Å². The maximum atomic E-state index is 15.0. The van der Waals surface area contributed by atoms with E-state index in [9.17, 15) is 19.5 Å². The number of carbonyl (C=O) groups excluding carboxylic acids is 3. The molecule has 0 radical (unpaired) electrons. The number of nitrogens with zero attached hydrogens (tertiary/aromatic N) is 3. The summed E-state index contributed by atoms with van der Waals surface area (Å²) in [5, 5.41) is 9.34. The van der Waals surface area contributed by atoms with Gasteiger partial charge in [-0.3, -0.25) is 14.4 Å². The average Bonchev–Trinajstić information content (AvgIpc) is 3.61. The number of carbonyl (C=O) groups is 3. The number of anilines is 2. The van der Waals surface area contributed by atoms with Crippen LogP contribution in [0, 0.1) is 31.6 Å². The van der Waals surface area contributed by atoms with Gasteiger partial charge in [-0.1, -0.05) is 49.4 Å². The fourth-order valence-corrected chi connectivity index (χ4v) is 10.1. The van der Waals surface area contributed by atoms with E-state index in [2.05, 4.69) is 20.1 Å². The minimum atomic E-state index is -0.718. The molecule has 2 bridgehead atoms. The molecule has 44 heavy (non-hydrogen) atoms. The summed E-state index contributed by atoms with van der Waals surface area (Å²) in [7, 11) is 0. The van der Waals surface area contributed by atoms with E-state index in [0.29, 0.717) is 32.5 Å². The van der Waals surface area contributed by atoms with Gasteiger partial charge in [-0.05, 0) is 74.8 Å². The SMILES string of the molecule is C=CCN(C(=O)[C@@H]1[C@@H]2CC(C)C3(S2)C(C(=O)N(CC=C)c2cc(C)ccc2C)N(CCCCCO)C(=O)[C@H]13)c1ccccc1. The zero-order chi connectivity index (χ0) is 31.6. The molecule has 1 spiro atoms. The summed E-state index contributed by atoms with van der Waals surface area (Å²) in [6.45, 7) is 15.2. The Hall–Kier alpha value is -3.36. The van der Waals surface area contributed by atoms with Crippen molar-refractivity contribution in [3.05, 3.63) is 85.0 Å². The van der Waals surface area contributed by atoms with Crippen LogP contribution in [0.4, 0.5) is 11.4 Å². The lowest BCUT2D eigenvalue weighted by Gasteiger charge is -2.41. The van der Waals surface area contributed by atoms with Crippen LogP contribution in [0.5, 0.6) is 0 Å². The summed E-state index contributed by atoms with van der Waals surface area (Å²) in [5.74, 6) is -1.35. The van der Waals surface area contributed by atoms with Gasteiger partial charge in [0.05, 0.1) is 16.6 Å². The molecule has 0 aliphatic carbocycles. The highest BCUT2D eigenvalue weighted by atomic mass is 32.2. The van der Waals surface area contributed by atoms with Gasteiger partial charge in [0.15, 0.2) is 0 Å². The van der Waals surface area contributed by atoms with E-state index in [-0.39, 0.29) is 35.5 Å². The van der Waals surface area contributed by atoms with E-state index < -0.39 is 22.6 Å². The lowest BCUT2D eigenvalue weighted by molar-refractivity contribution is -0.139. The Morgan fingerprint density at radius 2 is 1.73 bits per heavy atom. The second-order valence-electron chi connectivity index (χ2n) is 12.5. The van der Waals surface area contributed by atoms with Crippen molar-refractivity contribution in [1.29, 1.82) is 0 Å². The Balaban J connectivity index is 1.59. The fourth-order valence-electron chi connectivity index (χ4n) is 7.73. The van der Waals surface area contributed by atoms with E-state index in [4.69, 9.17) is 0 Å². The number of aliphatic hydroxyl groups excluding tert-OH is 1. The summed E-state index contributed by atoms with van der Waals surface area (Å²) >= 11 is 1.70. The second kappa shape index (κ2) is 13.3. The Kier molecular flexibility index (Phi) is 9.71. The number of aliphatic hydroxyl groups is 1. The molecule has 6 atom stereocenters. The second-order valence-corrected chi connectivity index (χ2v) is 14.0. The number of unbranched alkanes of at least 4 members (excludes halogenated alkanes) is 2. The molecule has 2 aromatic carbocycles. The van der Waals surface area contributed by atoms with Crippen LogP contribution in [0.25, 0.3) is 0 Å². The van der Waals surface area contributed by atoms with Crippen molar-refractivity contribution in [3.8, 4) is 0 Å². The Morgan fingerprint density at radius 1 is 1.02 bits per heavy atom. The molecule has 1 N–H and O–H groups in total. The lowest BCUT2D eigenvalue weighted by Crippen LogP contribution is -2.58. The molecule has 7 nitrogen and oxygen atoms in total. The quantitative estimate of drug-likeness (QED) is 0.236. The number of fused-ring (bicyclic) bond motifs is 1. The average molecular weight is 616 g/mol. The van der Waals surface area contributed by atoms with Gasteiger partial charge in [0.25, 0.3) is 5.91 Å². The number of hydrogen-bond donors (Lipinski definition) is 1. The largest absolute Gasteiger partial charge is 0.396 e. The minimum Gasteiger partial charge on any atom is -0.396 e. The van der Waals surface area contributed by atoms with Gasteiger partial charge in [0.2, 0.25) is 11.8 Å². The molecule has 3 unspecified atom stereocenters. The van der Waals surface area contributed by atoms with Crippen molar-refractivity contribution in [3.63, 3.8) is 0 Å². The summed E-state index contributed by atoms with van der Waals surface area (Å²) in [6.07, 6.45) is 6.30. The first-order chi connectivity index (χ1) is 21.2. The Labute approximate surface area is 266 Å². The van der Waals surface area contributed by atoms with Gasteiger partial charge in [0.1, 0.15) is 6.04 Å². The normalized spacial score (nSPS) is 26.9. The minimum absolute atomic E-state index is 0.0529. The zero-order valence-corrected chi connectivity index (χ0v) is 27.0. The highest BCUT2D eigenvalue weighted by molar-refractivity contribution is 8.02. The molecule has 0 saturated carbocycles. The van der Waals surface area contributed by atoms with Gasteiger partial charge in [-0.2, -0.15) is 0 Å². The van der Waals surface area contributed by atoms with Crippen molar-refractivity contribution < 1.29 is 19.5 Å². The number of hydrogen-bond acceptors (Lipinski definition) is 5. The van der Waals surface area contributed by atoms with E-state index in [0.717, 1.165) is 35.3 Å². The standard InChI is InChI=1S/C36H45N3O4S/c1-6-18-37(27-14-10-8-11-15-27)33(41)30-29-23-26(5)36(44-29)31(30)34(42)39(20-12-9-13-21-40)32(36)35(43)38(19-7-2)28-22-24(3)16-17-25(28)4/h6-8,10-11,14-17,22,26,29-32,40H,1-2,9,12-13,18-21,23H2,3-5H3/t26?,29-,30+,31-,32?,36?/m0/s1. The third-order valence-electron chi connectivity index (χ3n) is 9.70. The Bertz CT molecular complexity index is 1410. The molecule has 3 aliphatic rings. The van der Waals surface area contributed by atoms with Crippen molar-refractivity contribution in [1.82, 2.24) is 4.90 Å². The molecule has 3 saturated heterocycles. The molecular weight excluding hydrogens is 570 g/mol. The van der Waals surface area contributed by atoms with Crippen molar-refractivity contribution >= 4 is 40.9 Å². The van der Waals surface area contributed by atoms with Gasteiger partial charge in [-0.15, -0.1) is 24.9 Å². The predicted molar refractivity (Wildman–Crippen MR) is 179 cm³/mol. The molecule has 8 heteroatoms. The highest BCUT2D eigenvalue weighted by Crippen LogP contribution is 2.69. The maximum Gasteiger partial charge on any atom is 0.251 e. The van der Waals surface area contributed by atoms with E-state index in [1.165, 1.54) is 0 Å². The van der Waals surface area contributed by atoms with E-state index in [1.807, 2.05) is 62.4 Å². The van der Waals surface area contributed by atoms with Crippen molar-refractivity contribution in [2.75, 3.05) is 36.0 Å². The Morgan fingerprint density at radius 3 is 2.41 bits per heavy atom. The smallest absolute Gasteiger partial charge is 0.251 e. The molecule has 3 heterocycles. The summed E-state index contributed by atoms with van der Waals surface area (Å²) < 4.78 is -0.718. The molecule has 2 aromatic rings. The van der Waals surface area contributed by atoms with Crippen LogP contribution in [0.3, 0.4) is 0 Å². The number of likely N-dealkylation sites (tertiary alicyclic amines) is 1. The van der Waals surface area contributed by atoms with Crippen LogP contribution in [-0.2, 0) is 14.4 Å².